The van der Waals surface area contributed by atoms with Crippen molar-refractivity contribution in [2.45, 2.75) is 32.9 Å². The van der Waals surface area contributed by atoms with E-state index in [1.165, 1.54) is 21.7 Å². The highest BCUT2D eigenvalue weighted by atomic mass is 19.4. The number of likely N-dealkylation sites (tertiary alicyclic amines) is 1. The van der Waals surface area contributed by atoms with E-state index in [-0.39, 0.29) is 11.3 Å². The molecule has 0 unspecified atom stereocenters. The average Bonchev–Trinajstić information content (AvgIpc) is 3.21. The van der Waals surface area contributed by atoms with Gasteiger partial charge in [-0.25, -0.2) is 4.68 Å². The van der Waals surface area contributed by atoms with E-state index in [0.29, 0.717) is 24.5 Å². The molecule has 0 saturated carbocycles. The number of alkyl halides is 3. The first-order chi connectivity index (χ1) is 12.2. The third-order valence-corrected chi connectivity index (χ3v) is 4.52. The van der Waals surface area contributed by atoms with Crippen molar-refractivity contribution in [1.29, 1.82) is 0 Å². The summed E-state index contributed by atoms with van der Waals surface area (Å²) in [6.07, 6.45) is -2.75. The van der Waals surface area contributed by atoms with Crippen molar-refractivity contribution in [3.8, 4) is 5.69 Å². The summed E-state index contributed by atoms with van der Waals surface area (Å²) in [6.45, 7) is 4.24. The molecule has 1 aromatic heterocycles. The molecule has 1 fully saturated rings. The Bertz CT molecular complexity index is 865. The molecular formula is C18H18F3N3O2. The van der Waals surface area contributed by atoms with E-state index in [1.807, 2.05) is 0 Å². The Morgan fingerprint density at radius 1 is 1.12 bits per heavy atom. The Balaban J connectivity index is 1.98. The van der Waals surface area contributed by atoms with Crippen LogP contribution >= 0.6 is 0 Å². The highest BCUT2D eigenvalue weighted by Crippen LogP contribution is 2.31. The molecule has 138 valence electrons. The number of aromatic nitrogens is 2. The summed E-state index contributed by atoms with van der Waals surface area (Å²) < 4.78 is 40.1. The van der Waals surface area contributed by atoms with Gasteiger partial charge < -0.3 is 4.90 Å². The molecule has 0 N–H and O–H groups in total. The molecule has 1 aliphatic heterocycles. The zero-order chi connectivity index (χ0) is 19.1. The van der Waals surface area contributed by atoms with E-state index >= 15 is 0 Å². The quantitative estimate of drug-likeness (QED) is 0.619. The second-order valence-corrected chi connectivity index (χ2v) is 6.33. The van der Waals surface area contributed by atoms with Gasteiger partial charge >= 0.3 is 6.18 Å². The summed E-state index contributed by atoms with van der Waals surface area (Å²) in [5.41, 5.74) is 0.202. The number of Topliss-reactive ketones (excluding diaryl/α,β-unsaturated/α-hetero) is 1. The number of rotatable bonds is 3. The number of nitrogens with zero attached hydrogens (tertiary/aromatic N) is 3. The Hall–Kier alpha value is -2.64. The third kappa shape index (κ3) is 3.23. The number of halogens is 3. The summed E-state index contributed by atoms with van der Waals surface area (Å²) in [5, 5.41) is 4.19. The molecule has 1 amide bonds. The van der Waals surface area contributed by atoms with Crippen molar-refractivity contribution < 1.29 is 22.8 Å². The lowest BCUT2D eigenvalue weighted by atomic mass is 10.1. The minimum atomic E-state index is -4.48. The van der Waals surface area contributed by atoms with E-state index in [9.17, 15) is 22.8 Å². The molecule has 0 radical (unpaired) electrons. The Morgan fingerprint density at radius 3 is 2.38 bits per heavy atom. The van der Waals surface area contributed by atoms with Crippen LogP contribution in [0.25, 0.3) is 5.69 Å². The highest BCUT2D eigenvalue weighted by molar-refractivity contribution is 6.43. The van der Waals surface area contributed by atoms with Gasteiger partial charge in [0, 0.05) is 13.1 Å². The molecule has 3 rings (SSSR count). The van der Waals surface area contributed by atoms with Crippen LogP contribution in [0.3, 0.4) is 0 Å². The van der Waals surface area contributed by atoms with Crippen LogP contribution in [0.15, 0.2) is 24.3 Å². The van der Waals surface area contributed by atoms with Gasteiger partial charge in [0.05, 0.1) is 28.2 Å². The molecule has 0 atom stereocenters. The second kappa shape index (κ2) is 6.59. The molecule has 1 aliphatic rings. The van der Waals surface area contributed by atoms with Crippen molar-refractivity contribution in [3.05, 3.63) is 46.8 Å². The van der Waals surface area contributed by atoms with Gasteiger partial charge in [0.2, 0.25) is 0 Å². The summed E-state index contributed by atoms with van der Waals surface area (Å²) in [4.78, 5) is 26.5. The van der Waals surface area contributed by atoms with Crippen LogP contribution in [0, 0.1) is 13.8 Å². The molecule has 5 nitrogen and oxygen atoms in total. The lowest BCUT2D eigenvalue weighted by Crippen LogP contribution is -2.34. The fraction of sp³-hybridized carbons (Fsp3) is 0.389. The number of carbonyl (C=O) groups is 2. The minimum absolute atomic E-state index is 0.152. The van der Waals surface area contributed by atoms with E-state index in [2.05, 4.69) is 5.10 Å². The fourth-order valence-electron chi connectivity index (χ4n) is 3.21. The minimum Gasteiger partial charge on any atom is -0.336 e. The Kier molecular flexibility index (Phi) is 4.60. The highest BCUT2D eigenvalue weighted by Gasteiger charge is 2.32. The lowest BCUT2D eigenvalue weighted by Gasteiger charge is -2.14. The van der Waals surface area contributed by atoms with Gasteiger partial charge in [0.25, 0.3) is 11.7 Å². The largest absolute Gasteiger partial charge is 0.416 e. The number of amides is 1. The molecule has 2 aromatic rings. The standard InChI is InChI=1S/C18H18F3N3O2/c1-11-15(16(25)17(26)23-8-3-4-9-23)12(2)24(22-11)14-7-5-6-13(10-14)18(19,20)21/h5-7,10H,3-4,8-9H2,1-2H3. The smallest absolute Gasteiger partial charge is 0.336 e. The molecular weight excluding hydrogens is 347 g/mol. The predicted octanol–water partition coefficient (Wildman–Crippen LogP) is 3.31. The van der Waals surface area contributed by atoms with Gasteiger partial charge in [0.15, 0.2) is 0 Å². The number of hydrogen-bond donors (Lipinski definition) is 0. The van der Waals surface area contributed by atoms with Crippen LogP contribution in [-0.2, 0) is 11.0 Å². The van der Waals surface area contributed by atoms with Crippen LogP contribution in [0.2, 0.25) is 0 Å². The van der Waals surface area contributed by atoms with E-state index in [4.69, 9.17) is 0 Å². The molecule has 26 heavy (non-hydrogen) atoms. The molecule has 0 bridgehead atoms. The maximum Gasteiger partial charge on any atom is 0.416 e. The lowest BCUT2D eigenvalue weighted by molar-refractivity contribution is -0.137. The van der Waals surface area contributed by atoms with Crippen LogP contribution in [0.4, 0.5) is 13.2 Å². The molecule has 2 heterocycles. The molecule has 1 saturated heterocycles. The summed E-state index contributed by atoms with van der Waals surface area (Å²) in [5.74, 6) is -1.25. The molecule has 0 spiro atoms. The number of aryl methyl sites for hydroxylation is 1. The first-order valence-electron chi connectivity index (χ1n) is 8.27. The van der Waals surface area contributed by atoms with Gasteiger partial charge in [-0.3, -0.25) is 9.59 Å². The van der Waals surface area contributed by atoms with Crippen molar-refractivity contribution >= 4 is 11.7 Å². The Labute approximate surface area is 148 Å². The van der Waals surface area contributed by atoms with Crippen LogP contribution < -0.4 is 0 Å². The average molecular weight is 365 g/mol. The number of hydrogen-bond acceptors (Lipinski definition) is 3. The number of ketones is 1. The van der Waals surface area contributed by atoms with Crippen LogP contribution in [0.5, 0.6) is 0 Å². The maximum absolute atomic E-state index is 12.9. The third-order valence-electron chi connectivity index (χ3n) is 4.52. The molecule has 8 heteroatoms. The topological polar surface area (TPSA) is 55.2 Å². The summed E-state index contributed by atoms with van der Waals surface area (Å²) >= 11 is 0. The van der Waals surface area contributed by atoms with Crippen LogP contribution in [0.1, 0.15) is 40.2 Å². The van der Waals surface area contributed by atoms with Gasteiger partial charge in [-0.2, -0.15) is 18.3 Å². The summed E-state index contributed by atoms with van der Waals surface area (Å²) in [6, 6.07) is 4.70. The normalized spacial score (nSPS) is 14.7. The van der Waals surface area contributed by atoms with Gasteiger partial charge in [-0.1, -0.05) is 6.07 Å². The summed E-state index contributed by atoms with van der Waals surface area (Å²) in [7, 11) is 0. The molecule has 1 aromatic carbocycles. The van der Waals surface area contributed by atoms with E-state index < -0.39 is 23.4 Å². The zero-order valence-electron chi connectivity index (χ0n) is 14.4. The number of carbonyl (C=O) groups excluding carboxylic acids is 2. The van der Waals surface area contributed by atoms with Crippen LogP contribution in [-0.4, -0.2) is 39.5 Å². The first-order valence-corrected chi connectivity index (χ1v) is 8.27. The van der Waals surface area contributed by atoms with Crippen molar-refractivity contribution in [1.82, 2.24) is 14.7 Å². The fourth-order valence-corrected chi connectivity index (χ4v) is 3.21. The van der Waals surface area contributed by atoms with E-state index in [0.717, 1.165) is 25.0 Å². The molecule has 0 aliphatic carbocycles. The first kappa shape index (κ1) is 18.2. The van der Waals surface area contributed by atoms with Crippen molar-refractivity contribution in [3.63, 3.8) is 0 Å². The monoisotopic (exact) mass is 365 g/mol. The van der Waals surface area contributed by atoms with Gasteiger partial charge in [-0.15, -0.1) is 0 Å². The maximum atomic E-state index is 12.9. The van der Waals surface area contributed by atoms with Crippen molar-refractivity contribution in [2.75, 3.05) is 13.1 Å². The van der Waals surface area contributed by atoms with Gasteiger partial charge in [0.1, 0.15) is 0 Å². The second-order valence-electron chi connectivity index (χ2n) is 6.33. The number of benzene rings is 1. The van der Waals surface area contributed by atoms with Crippen molar-refractivity contribution in [2.24, 2.45) is 0 Å². The zero-order valence-corrected chi connectivity index (χ0v) is 14.4. The van der Waals surface area contributed by atoms with E-state index in [1.54, 1.807) is 13.8 Å². The Morgan fingerprint density at radius 2 is 1.77 bits per heavy atom. The SMILES string of the molecule is Cc1nn(-c2cccc(C(F)(F)F)c2)c(C)c1C(=O)C(=O)N1CCCC1. The predicted molar refractivity (Wildman–Crippen MR) is 88.2 cm³/mol. The van der Waals surface area contributed by atoms with Gasteiger partial charge in [-0.05, 0) is 44.9 Å².